The van der Waals surface area contributed by atoms with Gasteiger partial charge in [0.25, 0.3) is 0 Å². The Bertz CT molecular complexity index is 301. The smallest absolute Gasteiger partial charge is 0.0334 e. The summed E-state index contributed by atoms with van der Waals surface area (Å²) in [5.74, 6) is 0. The van der Waals surface area contributed by atoms with Crippen LogP contribution in [0.4, 0.5) is 0 Å². The van der Waals surface area contributed by atoms with Crippen LogP contribution in [-0.4, -0.2) is 30.6 Å². The van der Waals surface area contributed by atoms with E-state index in [1.165, 1.54) is 17.0 Å². The Balaban J connectivity index is 0.00000112. The van der Waals surface area contributed by atoms with E-state index >= 15 is 0 Å². The third-order valence-electron chi connectivity index (χ3n) is 2.95. The van der Waals surface area contributed by atoms with Crippen LogP contribution in [0, 0.1) is 6.92 Å². The van der Waals surface area contributed by atoms with Gasteiger partial charge in [-0.15, -0.1) is 23.7 Å². The molecule has 0 aromatic carbocycles. The summed E-state index contributed by atoms with van der Waals surface area (Å²) in [5, 5.41) is 5.61. The summed E-state index contributed by atoms with van der Waals surface area (Å²) in [5.41, 5.74) is 1.45. The fourth-order valence-electron chi connectivity index (χ4n) is 1.87. The van der Waals surface area contributed by atoms with Crippen LogP contribution in [0.1, 0.15) is 17.4 Å². The number of hydrogen-bond acceptors (Lipinski definition) is 3. The van der Waals surface area contributed by atoms with Crippen molar-refractivity contribution in [1.29, 1.82) is 0 Å². The first-order chi connectivity index (χ1) is 6.77. The highest BCUT2D eigenvalue weighted by atomic mass is 35.5. The first-order valence-corrected chi connectivity index (χ1v) is 6.13. The molecule has 0 bridgehead atoms. The van der Waals surface area contributed by atoms with Gasteiger partial charge in [-0.3, -0.25) is 4.90 Å². The molecule has 1 N–H and O–H groups in total. The molecule has 86 valence electrons. The Kier molecular flexibility index (Phi) is 5.06. The number of hydrogen-bond donors (Lipinski definition) is 1. The zero-order valence-corrected chi connectivity index (χ0v) is 11.0. The monoisotopic (exact) mass is 246 g/mol. The molecular formula is C11H19ClN2S. The normalized spacial score (nSPS) is 22.4. The van der Waals surface area contributed by atoms with Crippen LogP contribution in [0.15, 0.2) is 11.4 Å². The third-order valence-corrected chi connectivity index (χ3v) is 3.96. The minimum absolute atomic E-state index is 0. The Morgan fingerprint density at radius 2 is 2.40 bits per heavy atom. The van der Waals surface area contributed by atoms with E-state index in [1.807, 2.05) is 11.3 Å². The number of nitrogens with one attached hydrogen (secondary N) is 1. The molecule has 4 heteroatoms. The number of thiophene rings is 1. The Labute approximate surface area is 102 Å². The molecular weight excluding hydrogens is 228 g/mol. The van der Waals surface area contributed by atoms with Gasteiger partial charge in [0.05, 0.1) is 0 Å². The summed E-state index contributed by atoms with van der Waals surface area (Å²) in [6.07, 6.45) is 0. The standard InChI is InChI=1S/C11H18N2S.ClH/c1-9-3-6-14-11(9)8-13-5-4-12-7-10(13)2;/h3,6,10,12H,4-5,7-8H2,1-2H3;1H/t10-;/m0./s1. The number of aryl methyl sites for hydroxylation is 1. The van der Waals surface area contributed by atoms with Crippen molar-refractivity contribution in [2.24, 2.45) is 0 Å². The van der Waals surface area contributed by atoms with Crippen LogP contribution in [0.2, 0.25) is 0 Å². The highest BCUT2D eigenvalue weighted by molar-refractivity contribution is 7.10. The molecule has 0 amide bonds. The summed E-state index contributed by atoms with van der Waals surface area (Å²) >= 11 is 1.88. The van der Waals surface area contributed by atoms with E-state index in [4.69, 9.17) is 0 Å². The molecule has 2 nitrogen and oxygen atoms in total. The molecule has 1 aliphatic rings. The van der Waals surface area contributed by atoms with E-state index < -0.39 is 0 Å². The second-order valence-electron chi connectivity index (χ2n) is 4.05. The van der Waals surface area contributed by atoms with Gasteiger partial charge in [0.2, 0.25) is 0 Å². The predicted octanol–water partition coefficient (Wildman–Crippen LogP) is 2.27. The van der Waals surface area contributed by atoms with Crippen molar-refractivity contribution >= 4 is 23.7 Å². The van der Waals surface area contributed by atoms with E-state index in [9.17, 15) is 0 Å². The van der Waals surface area contributed by atoms with Crippen molar-refractivity contribution < 1.29 is 0 Å². The lowest BCUT2D eigenvalue weighted by Gasteiger charge is -2.33. The minimum atomic E-state index is 0. The van der Waals surface area contributed by atoms with E-state index in [-0.39, 0.29) is 12.4 Å². The van der Waals surface area contributed by atoms with Crippen LogP contribution in [0.5, 0.6) is 0 Å². The van der Waals surface area contributed by atoms with Gasteiger partial charge in [0.1, 0.15) is 0 Å². The largest absolute Gasteiger partial charge is 0.314 e. The average molecular weight is 247 g/mol. The summed E-state index contributed by atoms with van der Waals surface area (Å²) in [4.78, 5) is 4.09. The van der Waals surface area contributed by atoms with E-state index in [0.29, 0.717) is 6.04 Å². The molecule has 1 aliphatic heterocycles. The molecule has 0 unspecified atom stereocenters. The van der Waals surface area contributed by atoms with Crippen LogP contribution >= 0.6 is 23.7 Å². The zero-order valence-electron chi connectivity index (χ0n) is 9.32. The van der Waals surface area contributed by atoms with Crippen molar-refractivity contribution in [2.45, 2.75) is 26.4 Å². The number of nitrogens with zero attached hydrogens (tertiary/aromatic N) is 1. The van der Waals surface area contributed by atoms with Crippen LogP contribution in [0.25, 0.3) is 0 Å². The molecule has 1 aromatic heterocycles. The summed E-state index contributed by atoms with van der Waals surface area (Å²) in [7, 11) is 0. The quantitative estimate of drug-likeness (QED) is 0.862. The first-order valence-electron chi connectivity index (χ1n) is 5.25. The predicted molar refractivity (Wildman–Crippen MR) is 69.0 cm³/mol. The second-order valence-corrected chi connectivity index (χ2v) is 5.05. The van der Waals surface area contributed by atoms with Crippen molar-refractivity contribution in [3.05, 3.63) is 21.9 Å². The number of halogens is 1. The van der Waals surface area contributed by atoms with Gasteiger partial charge in [-0.25, -0.2) is 0 Å². The zero-order chi connectivity index (χ0) is 9.97. The molecule has 2 rings (SSSR count). The fraction of sp³-hybridized carbons (Fsp3) is 0.636. The first kappa shape index (κ1) is 13.0. The van der Waals surface area contributed by atoms with Gasteiger partial charge in [0.15, 0.2) is 0 Å². The van der Waals surface area contributed by atoms with E-state index in [0.717, 1.165) is 19.6 Å². The molecule has 0 aliphatic carbocycles. The number of piperazine rings is 1. The Morgan fingerprint density at radius 3 is 3.00 bits per heavy atom. The van der Waals surface area contributed by atoms with Crippen LogP contribution in [0.3, 0.4) is 0 Å². The SMILES string of the molecule is Cc1ccsc1CN1CCNC[C@@H]1C.Cl. The molecule has 0 saturated carbocycles. The Morgan fingerprint density at radius 1 is 1.60 bits per heavy atom. The summed E-state index contributed by atoms with van der Waals surface area (Å²) in [6.45, 7) is 9.08. The maximum Gasteiger partial charge on any atom is 0.0334 e. The molecule has 1 saturated heterocycles. The van der Waals surface area contributed by atoms with Gasteiger partial charge in [-0.1, -0.05) is 0 Å². The van der Waals surface area contributed by atoms with Gasteiger partial charge in [0, 0.05) is 37.1 Å². The molecule has 1 fully saturated rings. The van der Waals surface area contributed by atoms with Gasteiger partial charge >= 0.3 is 0 Å². The summed E-state index contributed by atoms with van der Waals surface area (Å²) < 4.78 is 0. The lowest BCUT2D eigenvalue weighted by Crippen LogP contribution is -2.49. The minimum Gasteiger partial charge on any atom is -0.314 e. The topological polar surface area (TPSA) is 15.3 Å². The van der Waals surface area contributed by atoms with Crippen molar-refractivity contribution in [3.63, 3.8) is 0 Å². The highest BCUT2D eigenvalue weighted by Gasteiger charge is 2.18. The van der Waals surface area contributed by atoms with Crippen molar-refractivity contribution in [1.82, 2.24) is 10.2 Å². The van der Waals surface area contributed by atoms with Crippen molar-refractivity contribution in [3.8, 4) is 0 Å². The highest BCUT2D eigenvalue weighted by Crippen LogP contribution is 2.19. The van der Waals surface area contributed by atoms with Gasteiger partial charge in [-0.05, 0) is 30.9 Å². The Hall–Kier alpha value is -0.0900. The molecule has 1 aromatic rings. The van der Waals surface area contributed by atoms with E-state index in [1.54, 1.807) is 0 Å². The van der Waals surface area contributed by atoms with Gasteiger partial charge < -0.3 is 5.32 Å². The molecule has 2 heterocycles. The molecule has 0 radical (unpaired) electrons. The lowest BCUT2D eigenvalue weighted by atomic mass is 10.2. The maximum absolute atomic E-state index is 3.42. The maximum atomic E-state index is 3.42. The number of rotatable bonds is 2. The molecule has 15 heavy (non-hydrogen) atoms. The average Bonchev–Trinajstić information content (AvgIpc) is 2.56. The lowest BCUT2D eigenvalue weighted by molar-refractivity contribution is 0.167. The second kappa shape index (κ2) is 5.85. The van der Waals surface area contributed by atoms with Crippen LogP contribution in [-0.2, 0) is 6.54 Å². The third kappa shape index (κ3) is 3.18. The molecule has 0 spiro atoms. The van der Waals surface area contributed by atoms with Crippen LogP contribution < -0.4 is 5.32 Å². The fourth-order valence-corrected chi connectivity index (χ4v) is 2.80. The van der Waals surface area contributed by atoms with Crippen molar-refractivity contribution in [2.75, 3.05) is 19.6 Å². The van der Waals surface area contributed by atoms with Gasteiger partial charge in [-0.2, -0.15) is 0 Å². The van der Waals surface area contributed by atoms with E-state index in [2.05, 4.69) is 35.5 Å². The summed E-state index contributed by atoms with van der Waals surface area (Å²) in [6, 6.07) is 2.89. The molecule has 1 atom stereocenters.